The topological polar surface area (TPSA) is 18.5 Å². The Bertz CT molecular complexity index is 1270. The van der Waals surface area contributed by atoms with Gasteiger partial charge in [-0.15, -0.1) is 22.7 Å². The second-order valence-electron chi connectivity index (χ2n) is 10.7. The molecule has 0 aliphatic heterocycles. The van der Waals surface area contributed by atoms with Crippen LogP contribution in [0.1, 0.15) is 76.3 Å². The van der Waals surface area contributed by atoms with Crippen molar-refractivity contribution in [3.05, 3.63) is 83.9 Å². The van der Waals surface area contributed by atoms with Crippen LogP contribution in [0.25, 0.3) is 30.6 Å². The predicted octanol–water partition coefficient (Wildman–Crippen LogP) is 11.7. The van der Waals surface area contributed by atoms with Crippen molar-refractivity contribution in [3.63, 3.8) is 0 Å². The first-order valence-corrected chi connectivity index (χ1v) is 17.6. The number of aryl methyl sites for hydroxylation is 2. The van der Waals surface area contributed by atoms with Gasteiger partial charge in [0.1, 0.15) is 0 Å². The molecule has 0 spiro atoms. The van der Waals surface area contributed by atoms with Crippen LogP contribution in [-0.4, -0.2) is 23.3 Å². The Labute approximate surface area is 271 Å². The lowest BCUT2D eigenvalue weighted by Gasteiger charge is -2.05. The minimum Gasteiger partial charge on any atom is -0.487 e. The van der Waals surface area contributed by atoms with Crippen LogP contribution < -0.4 is 0 Å². The zero-order chi connectivity index (χ0) is 29.6. The molecule has 0 fully saturated rings. The normalized spacial score (nSPS) is 11.0. The third-order valence-electron chi connectivity index (χ3n) is 7.26. The zero-order valence-electron chi connectivity index (χ0n) is 24.9. The maximum absolute atomic E-state index is 5.37. The summed E-state index contributed by atoms with van der Waals surface area (Å²) >= 11 is 13.7. The van der Waals surface area contributed by atoms with E-state index in [2.05, 4.69) is 72.8 Å². The molecule has 4 aromatic rings. The third-order valence-corrected chi connectivity index (χ3v) is 9.96. The lowest BCUT2D eigenvalue weighted by Crippen LogP contribution is -1.98. The summed E-state index contributed by atoms with van der Waals surface area (Å²) in [6.07, 6.45) is 11.7. The fraction of sp³-hybridized carbons (Fsp3) is 0.389. The second-order valence-corrected chi connectivity index (χ2v) is 14.0. The summed E-state index contributed by atoms with van der Waals surface area (Å²) in [4.78, 5) is 5.32. The monoisotopic (exact) mass is 634 g/mol. The Morgan fingerprint density at radius 1 is 0.476 bits per heavy atom. The summed E-state index contributed by atoms with van der Waals surface area (Å²) in [6, 6.07) is 27.3. The minimum atomic E-state index is 0.646. The van der Waals surface area contributed by atoms with Gasteiger partial charge in [-0.3, -0.25) is 0 Å². The van der Waals surface area contributed by atoms with Crippen LogP contribution in [-0.2, 0) is 22.3 Å². The van der Waals surface area contributed by atoms with Crippen molar-refractivity contribution in [1.29, 1.82) is 0 Å². The first kappa shape index (κ1) is 32.5. The molecule has 42 heavy (non-hydrogen) atoms. The van der Waals surface area contributed by atoms with Gasteiger partial charge in [0.15, 0.2) is 10.1 Å². The largest absolute Gasteiger partial charge is 0.487 e. The minimum absolute atomic E-state index is 0.646. The molecule has 0 radical (unpaired) electrons. The smallest absolute Gasteiger partial charge is 0.156 e. The Hall–Kier alpha value is -2.38. The number of thiophene rings is 2. The van der Waals surface area contributed by atoms with Crippen molar-refractivity contribution in [3.8, 4) is 30.6 Å². The summed E-state index contributed by atoms with van der Waals surface area (Å²) in [7, 11) is 0. The average Bonchev–Trinajstić information content (AvgIpc) is 3.67. The number of ether oxygens (including phenoxy) is 2. The van der Waals surface area contributed by atoms with Gasteiger partial charge in [0.25, 0.3) is 0 Å². The fourth-order valence-corrected chi connectivity index (χ4v) is 7.20. The molecule has 2 heterocycles. The van der Waals surface area contributed by atoms with Crippen LogP contribution >= 0.6 is 47.1 Å². The van der Waals surface area contributed by atoms with Crippen molar-refractivity contribution in [1.82, 2.24) is 0 Å². The van der Waals surface area contributed by atoms with Gasteiger partial charge >= 0.3 is 0 Å². The highest BCUT2D eigenvalue weighted by Crippen LogP contribution is 2.40. The first-order chi connectivity index (χ1) is 20.5. The zero-order valence-corrected chi connectivity index (χ0v) is 28.1. The standard InChI is InChI=1S/C36H42O2S4/c1-27(39)37-25-9-5-3-7-11-29-13-17-31(18-14-29)33-21-23-35(41-33)36-24-22-34(42-36)32-19-15-30(16-20-32)12-8-4-6-10-26-38-28(2)40/h13-24H,3-12,25-26H2,1-2H3. The number of thiocarbonyl (C=S) groups is 2. The number of unbranched alkanes of at least 4 members (excludes halogenated alkanes) is 6. The molecule has 0 bridgehead atoms. The Morgan fingerprint density at radius 2 is 0.833 bits per heavy atom. The van der Waals surface area contributed by atoms with Crippen LogP contribution in [0.4, 0.5) is 0 Å². The summed E-state index contributed by atoms with van der Waals surface area (Å²) < 4.78 is 10.7. The summed E-state index contributed by atoms with van der Waals surface area (Å²) in [5, 5.41) is 1.29. The Balaban J connectivity index is 1.22. The van der Waals surface area contributed by atoms with E-state index in [1.54, 1.807) is 0 Å². The summed E-state index contributed by atoms with van der Waals surface area (Å²) in [6.45, 7) is 5.17. The van der Waals surface area contributed by atoms with Crippen LogP contribution in [0.15, 0.2) is 72.8 Å². The highest BCUT2D eigenvalue weighted by atomic mass is 32.1. The average molecular weight is 635 g/mol. The molecule has 0 atom stereocenters. The SMILES string of the molecule is CC(=S)OCCCCCCc1ccc(-c2ccc(-c3ccc(-c4ccc(CCCCCCOC(C)=S)cc4)s3)s2)cc1. The van der Waals surface area contributed by atoms with Crippen LogP contribution in [0, 0.1) is 0 Å². The van der Waals surface area contributed by atoms with E-state index in [4.69, 9.17) is 33.9 Å². The molecule has 4 rings (SSSR count). The lowest BCUT2D eigenvalue weighted by atomic mass is 10.0. The molecule has 0 amide bonds. The molecule has 0 unspecified atom stereocenters. The molecule has 6 heteroatoms. The van der Waals surface area contributed by atoms with Crippen molar-refractivity contribution in [2.45, 2.75) is 78.1 Å². The van der Waals surface area contributed by atoms with Gasteiger partial charge in [-0.25, -0.2) is 0 Å². The van der Waals surface area contributed by atoms with Crippen molar-refractivity contribution >= 4 is 57.2 Å². The van der Waals surface area contributed by atoms with E-state index in [1.165, 1.54) is 80.3 Å². The van der Waals surface area contributed by atoms with E-state index >= 15 is 0 Å². The van der Waals surface area contributed by atoms with Gasteiger partial charge < -0.3 is 9.47 Å². The molecular weight excluding hydrogens is 593 g/mol. The van der Waals surface area contributed by atoms with Crippen molar-refractivity contribution in [2.24, 2.45) is 0 Å². The molecule has 0 N–H and O–H groups in total. The highest BCUT2D eigenvalue weighted by molar-refractivity contribution is 7.80. The molecular formula is C36H42O2S4. The predicted molar refractivity (Wildman–Crippen MR) is 191 cm³/mol. The third kappa shape index (κ3) is 11.0. The molecule has 2 aromatic carbocycles. The molecule has 0 saturated carbocycles. The van der Waals surface area contributed by atoms with Crippen LogP contribution in [0.3, 0.4) is 0 Å². The number of hydrogen-bond donors (Lipinski definition) is 0. The maximum Gasteiger partial charge on any atom is 0.156 e. The molecule has 0 aliphatic rings. The van der Waals surface area contributed by atoms with E-state index in [1.807, 2.05) is 36.5 Å². The first-order valence-electron chi connectivity index (χ1n) is 15.1. The van der Waals surface area contributed by atoms with E-state index in [0.29, 0.717) is 10.1 Å². The van der Waals surface area contributed by atoms with Gasteiger partial charge in [-0.2, -0.15) is 0 Å². The summed E-state index contributed by atoms with van der Waals surface area (Å²) in [5.41, 5.74) is 5.43. The maximum atomic E-state index is 5.37. The van der Waals surface area contributed by atoms with Crippen molar-refractivity contribution in [2.75, 3.05) is 13.2 Å². The van der Waals surface area contributed by atoms with E-state index in [9.17, 15) is 0 Å². The van der Waals surface area contributed by atoms with Gasteiger partial charge in [-0.1, -0.05) is 74.2 Å². The Kier molecular flexibility index (Phi) is 13.7. The fourth-order valence-electron chi connectivity index (χ4n) is 4.92. The van der Waals surface area contributed by atoms with Crippen LogP contribution in [0.5, 0.6) is 0 Å². The summed E-state index contributed by atoms with van der Waals surface area (Å²) in [5.74, 6) is 0. The van der Waals surface area contributed by atoms with E-state index in [0.717, 1.165) is 38.9 Å². The highest BCUT2D eigenvalue weighted by Gasteiger charge is 2.09. The van der Waals surface area contributed by atoms with Gasteiger partial charge in [-0.05, 0) is 109 Å². The number of hydrogen-bond acceptors (Lipinski definition) is 6. The second kappa shape index (κ2) is 17.7. The number of benzene rings is 2. The quantitative estimate of drug-likeness (QED) is 0.0849. The van der Waals surface area contributed by atoms with E-state index < -0.39 is 0 Å². The number of rotatable bonds is 17. The molecule has 2 aromatic heterocycles. The molecule has 0 saturated heterocycles. The van der Waals surface area contributed by atoms with E-state index in [-0.39, 0.29) is 0 Å². The van der Waals surface area contributed by atoms with Crippen molar-refractivity contribution < 1.29 is 9.47 Å². The van der Waals surface area contributed by atoms with Gasteiger partial charge in [0.05, 0.1) is 13.2 Å². The lowest BCUT2D eigenvalue weighted by molar-refractivity contribution is 0.297. The van der Waals surface area contributed by atoms with Gasteiger partial charge in [0, 0.05) is 33.4 Å². The molecule has 2 nitrogen and oxygen atoms in total. The molecule has 222 valence electrons. The van der Waals surface area contributed by atoms with Crippen LogP contribution in [0.2, 0.25) is 0 Å². The molecule has 0 aliphatic carbocycles. The van der Waals surface area contributed by atoms with Gasteiger partial charge in [0.2, 0.25) is 0 Å². The Morgan fingerprint density at radius 3 is 1.21 bits per heavy atom.